The van der Waals surface area contributed by atoms with Crippen LogP contribution in [0.3, 0.4) is 0 Å². The number of epoxide rings is 1. The van der Waals surface area contributed by atoms with Crippen LogP contribution in [0.15, 0.2) is 18.2 Å². The Morgan fingerprint density at radius 2 is 2.05 bits per heavy atom. The van der Waals surface area contributed by atoms with Gasteiger partial charge in [-0.25, -0.2) is 0 Å². The molecule has 1 saturated heterocycles. The highest BCUT2D eigenvalue weighted by atomic mass is 16.7. The molecule has 1 aromatic carbocycles. The van der Waals surface area contributed by atoms with Crippen molar-refractivity contribution in [3.63, 3.8) is 0 Å². The quantitative estimate of drug-likeness (QED) is 0.849. The fraction of sp³-hybridized carbons (Fsp3) is 0.533. The average Bonchev–Trinajstić information content (AvgIpc) is 2.97. The maximum Gasteiger partial charge on any atom is 0.251 e. The molecule has 1 amide bonds. The van der Waals surface area contributed by atoms with E-state index in [4.69, 9.17) is 14.2 Å². The van der Waals surface area contributed by atoms with Gasteiger partial charge in [0.1, 0.15) is 0 Å². The fourth-order valence-electron chi connectivity index (χ4n) is 2.29. The number of carbonyl (C=O) groups excluding carboxylic acids is 1. The second-order valence-corrected chi connectivity index (χ2v) is 5.93. The summed E-state index contributed by atoms with van der Waals surface area (Å²) in [5.74, 6) is 1.50. The molecule has 2 aliphatic heterocycles. The summed E-state index contributed by atoms with van der Waals surface area (Å²) in [5, 5.41) is 2.95. The van der Waals surface area contributed by atoms with Crippen molar-refractivity contribution in [2.75, 3.05) is 13.3 Å². The molecule has 2 heterocycles. The van der Waals surface area contributed by atoms with Crippen LogP contribution >= 0.6 is 0 Å². The van der Waals surface area contributed by atoms with Gasteiger partial charge in [0.15, 0.2) is 17.6 Å². The molecule has 0 radical (unpaired) electrons. The van der Waals surface area contributed by atoms with Crippen LogP contribution in [0.5, 0.6) is 11.5 Å². The Balaban J connectivity index is 1.66. The molecule has 20 heavy (non-hydrogen) atoms. The Labute approximate surface area is 118 Å². The first kappa shape index (κ1) is 13.2. The molecule has 1 fully saturated rings. The Bertz CT molecular complexity index is 541. The SMILES string of the molecule is C[C@@H]1O[C@H]1C(=O)NCC(C)(C)c1ccc2c(c1)OCO2. The average molecular weight is 277 g/mol. The third-order valence-electron chi connectivity index (χ3n) is 3.83. The number of ether oxygens (including phenoxy) is 3. The van der Waals surface area contributed by atoms with E-state index in [1.165, 1.54) is 0 Å². The molecule has 2 atom stereocenters. The second kappa shape index (κ2) is 4.66. The van der Waals surface area contributed by atoms with Crippen molar-refractivity contribution in [2.24, 2.45) is 0 Å². The lowest BCUT2D eigenvalue weighted by Crippen LogP contribution is -2.39. The summed E-state index contributed by atoms with van der Waals surface area (Å²) in [6.07, 6.45) is -0.230. The zero-order valence-corrected chi connectivity index (χ0v) is 11.9. The largest absolute Gasteiger partial charge is 0.454 e. The minimum Gasteiger partial charge on any atom is -0.454 e. The summed E-state index contributed by atoms with van der Waals surface area (Å²) in [7, 11) is 0. The van der Waals surface area contributed by atoms with Crippen LogP contribution in [0.4, 0.5) is 0 Å². The Morgan fingerprint density at radius 1 is 1.35 bits per heavy atom. The molecule has 0 aromatic heterocycles. The van der Waals surface area contributed by atoms with Crippen molar-refractivity contribution >= 4 is 5.91 Å². The molecular formula is C15H19NO4. The zero-order valence-electron chi connectivity index (χ0n) is 11.9. The normalized spacial score (nSPS) is 23.6. The van der Waals surface area contributed by atoms with Gasteiger partial charge in [-0.1, -0.05) is 19.9 Å². The first-order valence-corrected chi connectivity index (χ1v) is 6.81. The zero-order chi connectivity index (χ0) is 14.3. The Hall–Kier alpha value is -1.75. The summed E-state index contributed by atoms with van der Waals surface area (Å²) in [6.45, 7) is 6.89. The summed E-state index contributed by atoms with van der Waals surface area (Å²) in [4.78, 5) is 11.8. The third kappa shape index (κ3) is 2.45. The monoisotopic (exact) mass is 277 g/mol. The van der Waals surface area contributed by atoms with E-state index < -0.39 is 0 Å². The van der Waals surface area contributed by atoms with E-state index in [-0.39, 0.29) is 30.3 Å². The van der Waals surface area contributed by atoms with Crippen LogP contribution in [-0.4, -0.2) is 31.5 Å². The van der Waals surface area contributed by atoms with Crippen LogP contribution in [0.2, 0.25) is 0 Å². The number of fused-ring (bicyclic) bond motifs is 1. The minimum atomic E-state index is -0.275. The summed E-state index contributed by atoms with van der Waals surface area (Å²) < 4.78 is 15.9. The van der Waals surface area contributed by atoms with Crippen molar-refractivity contribution in [1.82, 2.24) is 5.32 Å². The lowest BCUT2D eigenvalue weighted by molar-refractivity contribution is -0.122. The molecule has 0 saturated carbocycles. The molecule has 1 aromatic rings. The molecule has 5 nitrogen and oxygen atoms in total. The van der Waals surface area contributed by atoms with Crippen molar-refractivity contribution in [2.45, 2.75) is 38.4 Å². The van der Waals surface area contributed by atoms with Gasteiger partial charge in [-0.3, -0.25) is 4.79 Å². The molecule has 0 spiro atoms. The number of nitrogens with one attached hydrogen (secondary N) is 1. The molecule has 3 rings (SSSR count). The highest BCUT2D eigenvalue weighted by molar-refractivity contribution is 5.83. The lowest BCUT2D eigenvalue weighted by atomic mass is 9.84. The molecule has 2 aliphatic rings. The van der Waals surface area contributed by atoms with Gasteiger partial charge in [-0.15, -0.1) is 0 Å². The fourth-order valence-corrected chi connectivity index (χ4v) is 2.29. The Kier molecular flexibility index (Phi) is 3.09. The van der Waals surface area contributed by atoms with Crippen LogP contribution in [0, 0.1) is 0 Å². The predicted octanol–water partition coefficient (Wildman–Crippen LogP) is 1.60. The van der Waals surface area contributed by atoms with Crippen LogP contribution in [-0.2, 0) is 14.9 Å². The molecule has 5 heteroatoms. The Morgan fingerprint density at radius 3 is 2.75 bits per heavy atom. The third-order valence-corrected chi connectivity index (χ3v) is 3.83. The molecule has 0 bridgehead atoms. The highest BCUT2D eigenvalue weighted by Crippen LogP contribution is 2.36. The lowest BCUT2D eigenvalue weighted by Gasteiger charge is -2.25. The number of carbonyl (C=O) groups is 1. The van der Waals surface area contributed by atoms with Gasteiger partial charge in [0, 0.05) is 12.0 Å². The number of hydrogen-bond donors (Lipinski definition) is 1. The van der Waals surface area contributed by atoms with Crippen molar-refractivity contribution < 1.29 is 19.0 Å². The molecule has 0 unspecified atom stereocenters. The molecule has 108 valence electrons. The highest BCUT2D eigenvalue weighted by Gasteiger charge is 2.41. The van der Waals surface area contributed by atoms with E-state index in [0.717, 1.165) is 17.1 Å². The van der Waals surface area contributed by atoms with E-state index in [9.17, 15) is 4.79 Å². The van der Waals surface area contributed by atoms with Crippen LogP contribution in [0.25, 0.3) is 0 Å². The molecular weight excluding hydrogens is 258 g/mol. The summed E-state index contributed by atoms with van der Waals surface area (Å²) in [5.41, 5.74) is 0.918. The van der Waals surface area contributed by atoms with E-state index in [0.29, 0.717) is 6.54 Å². The molecule has 0 aliphatic carbocycles. The summed E-state index contributed by atoms with van der Waals surface area (Å²) >= 11 is 0. The minimum absolute atomic E-state index is 0.0358. The number of benzene rings is 1. The predicted molar refractivity (Wildman–Crippen MR) is 72.9 cm³/mol. The van der Waals surface area contributed by atoms with Crippen molar-refractivity contribution in [3.05, 3.63) is 23.8 Å². The van der Waals surface area contributed by atoms with Crippen LogP contribution < -0.4 is 14.8 Å². The van der Waals surface area contributed by atoms with Crippen LogP contribution in [0.1, 0.15) is 26.3 Å². The second-order valence-electron chi connectivity index (χ2n) is 5.93. The van der Waals surface area contributed by atoms with Crippen molar-refractivity contribution in [3.8, 4) is 11.5 Å². The topological polar surface area (TPSA) is 60.1 Å². The molecule has 1 N–H and O–H groups in total. The van der Waals surface area contributed by atoms with E-state index in [1.54, 1.807) is 0 Å². The smallest absolute Gasteiger partial charge is 0.251 e. The standard InChI is InChI=1S/C15H19NO4/c1-9-13(20-9)14(17)16-7-15(2,3)10-4-5-11-12(6-10)19-8-18-11/h4-6,9,13H,7-8H2,1-3H3,(H,16,17)/t9-,13+/m0/s1. The van der Waals surface area contributed by atoms with E-state index in [1.807, 2.05) is 25.1 Å². The van der Waals surface area contributed by atoms with E-state index in [2.05, 4.69) is 19.2 Å². The first-order valence-electron chi connectivity index (χ1n) is 6.81. The maximum absolute atomic E-state index is 11.8. The van der Waals surface area contributed by atoms with Gasteiger partial charge in [-0.05, 0) is 24.6 Å². The van der Waals surface area contributed by atoms with Crippen molar-refractivity contribution in [1.29, 1.82) is 0 Å². The first-order chi connectivity index (χ1) is 9.47. The number of hydrogen-bond acceptors (Lipinski definition) is 4. The van der Waals surface area contributed by atoms with Gasteiger partial charge in [0.05, 0.1) is 6.10 Å². The van der Waals surface area contributed by atoms with Gasteiger partial charge >= 0.3 is 0 Å². The number of rotatable bonds is 4. The summed E-state index contributed by atoms with van der Waals surface area (Å²) in [6, 6.07) is 5.90. The maximum atomic E-state index is 11.8. The van der Waals surface area contributed by atoms with Gasteiger partial charge in [0.2, 0.25) is 6.79 Å². The van der Waals surface area contributed by atoms with Gasteiger partial charge in [-0.2, -0.15) is 0 Å². The van der Waals surface area contributed by atoms with E-state index >= 15 is 0 Å². The number of amides is 1. The van der Waals surface area contributed by atoms with Gasteiger partial charge in [0.25, 0.3) is 5.91 Å². The van der Waals surface area contributed by atoms with Gasteiger partial charge < -0.3 is 19.5 Å².